The minimum Gasteiger partial charge on any atom is -0.364 e. The molecule has 2 aromatic carbocycles. The maximum Gasteiger partial charge on any atom is 0.0912 e. The predicted octanol–water partition coefficient (Wildman–Crippen LogP) is 4.45. The highest BCUT2D eigenvalue weighted by Crippen LogP contribution is 2.65. The first-order valence-electron chi connectivity index (χ1n) is 7.36. The fourth-order valence-electron chi connectivity index (χ4n) is 4.10. The molecule has 0 saturated carbocycles. The molecule has 20 heavy (non-hydrogen) atoms. The average Bonchev–Trinajstić information content (AvgIpc) is 2.93. The molecule has 5 rings (SSSR count). The van der Waals surface area contributed by atoms with Gasteiger partial charge in [0.25, 0.3) is 0 Å². The van der Waals surface area contributed by atoms with Crippen LogP contribution in [0.3, 0.4) is 0 Å². The molecular formula is C19H16O. The number of aryl methyl sites for hydroxylation is 1. The van der Waals surface area contributed by atoms with Gasteiger partial charge in [0.2, 0.25) is 0 Å². The molecule has 0 spiro atoms. The molecule has 3 aliphatic rings. The summed E-state index contributed by atoms with van der Waals surface area (Å²) in [5.41, 5.74) is 7.00. The second kappa shape index (κ2) is 3.62. The summed E-state index contributed by atoms with van der Waals surface area (Å²) in [6.45, 7) is 2.14. The van der Waals surface area contributed by atoms with Crippen LogP contribution in [0.15, 0.2) is 54.6 Å². The third-order valence-electron chi connectivity index (χ3n) is 5.11. The monoisotopic (exact) mass is 260 g/mol. The second-order valence-electron chi connectivity index (χ2n) is 6.20. The van der Waals surface area contributed by atoms with E-state index in [2.05, 4.69) is 61.5 Å². The molecule has 0 radical (unpaired) electrons. The molecule has 2 bridgehead atoms. The molecular weight excluding hydrogens is 244 g/mol. The van der Waals surface area contributed by atoms with Crippen molar-refractivity contribution >= 4 is 5.57 Å². The predicted molar refractivity (Wildman–Crippen MR) is 79.1 cm³/mol. The van der Waals surface area contributed by atoms with Gasteiger partial charge in [0.15, 0.2) is 0 Å². The number of benzene rings is 2. The molecule has 0 unspecified atom stereocenters. The SMILES string of the molecule is Cc1ccc(C2=C[C@H]3[C@@H]2[C@H]2O[C@@H]3c3ccccc32)cc1. The first-order valence-corrected chi connectivity index (χ1v) is 7.36. The average molecular weight is 260 g/mol. The molecule has 1 nitrogen and oxygen atoms in total. The van der Waals surface area contributed by atoms with E-state index in [0.29, 0.717) is 17.9 Å². The summed E-state index contributed by atoms with van der Waals surface area (Å²) in [5.74, 6) is 1.16. The van der Waals surface area contributed by atoms with E-state index in [1.54, 1.807) is 0 Å². The van der Waals surface area contributed by atoms with E-state index < -0.39 is 0 Å². The van der Waals surface area contributed by atoms with Crippen LogP contribution in [0.1, 0.15) is 34.5 Å². The molecule has 2 heterocycles. The van der Waals surface area contributed by atoms with E-state index in [1.807, 2.05) is 0 Å². The number of hydrogen-bond acceptors (Lipinski definition) is 1. The van der Waals surface area contributed by atoms with Crippen LogP contribution in [-0.4, -0.2) is 0 Å². The van der Waals surface area contributed by atoms with Crippen molar-refractivity contribution in [2.24, 2.45) is 11.8 Å². The van der Waals surface area contributed by atoms with Gasteiger partial charge >= 0.3 is 0 Å². The molecule has 1 saturated heterocycles. The van der Waals surface area contributed by atoms with Gasteiger partial charge in [-0.1, -0.05) is 60.2 Å². The van der Waals surface area contributed by atoms with E-state index in [1.165, 1.54) is 27.8 Å². The highest BCUT2D eigenvalue weighted by Gasteiger charge is 2.56. The smallest absolute Gasteiger partial charge is 0.0912 e. The van der Waals surface area contributed by atoms with Crippen LogP contribution in [0.4, 0.5) is 0 Å². The normalized spacial score (nSPS) is 32.4. The molecule has 0 aromatic heterocycles. The first kappa shape index (κ1) is 10.9. The Hall–Kier alpha value is -1.86. The topological polar surface area (TPSA) is 9.23 Å². The van der Waals surface area contributed by atoms with Crippen LogP contribution in [-0.2, 0) is 4.74 Å². The van der Waals surface area contributed by atoms with Gasteiger partial charge < -0.3 is 4.74 Å². The van der Waals surface area contributed by atoms with Gasteiger partial charge in [-0.05, 0) is 29.2 Å². The summed E-state index contributed by atoms with van der Waals surface area (Å²) in [4.78, 5) is 0. The Balaban J connectivity index is 1.56. The van der Waals surface area contributed by atoms with Gasteiger partial charge in [-0.15, -0.1) is 0 Å². The number of ether oxygens (including phenoxy) is 1. The molecule has 98 valence electrons. The maximum atomic E-state index is 6.25. The highest BCUT2D eigenvalue weighted by atomic mass is 16.5. The second-order valence-corrected chi connectivity index (χ2v) is 6.20. The van der Waals surface area contributed by atoms with Crippen molar-refractivity contribution in [1.29, 1.82) is 0 Å². The molecule has 2 aliphatic heterocycles. The maximum absolute atomic E-state index is 6.25. The lowest BCUT2D eigenvalue weighted by atomic mass is 9.63. The Morgan fingerprint density at radius 1 is 0.850 bits per heavy atom. The molecule has 0 amide bonds. The standard InChI is InChI=1S/C19H16O/c1-11-6-8-12(9-7-11)15-10-16-17(15)19-14-5-3-2-4-13(14)18(16)20-19/h2-10,16-19H,1H3/t16-,17+,18+,19-/m0/s1. The Morgan fingerprint density at radius 3 is 2.30 bits per heavy atom. The van der Waals surface area contributed by atoms with Gasteiger partial charge in [0.1, 0.15) is 0 Å². The molecule has 1 aliphatic carbocycles. The fraction of sp³-hybridized carbons (Fsp3) is 0.263. The van der Waals surface area contributed by atoms with Gasteiger partial charge in [-0.3, -0.25) is 0 Å². The van der Waals surface area contributed by atoms with Crippen LogP contribution >= 0.6 is 0 Å². The van der Waals surface area contributed by atoms with E-state index in [-0.39, 0.29) is 6.10 Å². The van der Waals surface area contributed by atoms with Crippen molar-refractivity contribution < 1.29 is 4.74 Å². The Morgan fingerprint density at radius 2 is 1.55 bits per heavy atom. The quantitative estimate of drug-likeness (QED) is 0.736. The zero-order valence-electron chi connectivity index (χ0n) is 11.4. The Bertz CT molecular complexity index is 726. The third-order valence-corrected chi connectivity index (χ3v) is 5.11. The fourth-order valence-corrected chi connectivity index (χ4v) is 4.10. The lowest BCUT2D eigenvalue weighted by molar-refractivity contribution is 0.0626. The molecule has 1 heteroatoms. The Labute approximate surface area is 118 Å². The van der Waals surface area contributed by atoms with Crippen molar-refractivity contribution in [3.63, 3.8) is 0 Å². The Kier molecular flexibility index (Phi) is 1.97. The minimum atomic E-state index is 0.280. The van der Waals surface area contributed by atoms with Crippen molar-refractivity contribution in [2.45, 2.75) is 19.1 Å². The molecule has 1 fully saturated rings. The van der Waals surface area contributed by atoms with Crippen molar-refractivity contribution in [1.82, 2.24) is 0 Å². The zero-order chi connectivity index (χ0) is 13.3. The van der Waals surface area contributed by atoms with Crippen molar-refractivity contribution in [3.8, 4) is 0 Å². The summed E-state index contributed by atoms with van der Waals surface area (Å²) in [6.07, 6.45) is 3.01. The van der Waals surface area contributed by atoms with Gasteiger partial charge in [-0.2, -0.15) is 0 Å². The number of fused-ring (bicyclic) bond motifs is 8. The summed E-state index contributed by atoms with van der Waals surface area (Å²) in [7, 11) is 0. The number of rotatable bonds is 1. The first-order chi connectivity index (χ1) is 9.83. The van der Waals surface area contributed by atoms with Gasteiger partial charge in [-0.25, -0.2) is 0 Å². The molecule has 2 aromatic rings. The van der Waals surface area contributed by atoms with Crippen LogP contribution in [0.5, 0.6) is 0 Å². The van der Waals surface area contributed by atoms with Gasteiger partial charge in [0.05, 0.1) is 12.2 Å². The minimum absolute atomic E-state index is 0.280. The van der Waals surface area contributed by atoms with Crippen molar-refractivity contribution in [2.75, 3.05) is 0 Å². The van der Waals surface area contributed by atoms with Crippen LogP contribution in [0.2, 0.25) is 0 Å². The van der Waals surface area contributed by atoms with Crippen molar-refractivity contribution in [3.05, 3.63) is 76.9 Å². The summed E-state index contributed by atoms with van der Waals surface area (Å²) >= 11 is 0. The summed E-state index contributed by atoms with van der Waals surface area (Å²) in [6, 6.07) is 17.6. The van der Waals surface area contributed by atoms with E-state index in [9.17, 15) is 0 Å². The van der Waals surface area contributed by atoms with E-state index >= 15 is 0 Å². The van der Waals surface area contributed by atoms with E-state index in [0.717, 1.165) is 0 Å². The third kappa shape index (κ3) is 1.22. The lowest BCUT2D eigenvalue weighted by Crippen LogP contribution is -2.29. The van der Waals surface area contributed by atoms with Crippen LogP contribution in [0, 0.1) is 18.8 Å². The largest absolute Gasteiger partial charge is 0.364 e. The lowest BCUT2D eigenvalue weighted by Gasteiger charge is -2.37. The van der Waals surface area contributed by atoms with Gasteiger partial charge in [0, 0.05) is 11.8 Å². The van der Waals surface area contributed by atoms with Crippen LogP contribution in [0.25, 0.3) is 5.57 Å². The molecule has 0 N–H and O–H groups in total. The van der Waals surface area contributed by atoms with Crippen LogP contribution < -0.4 is 0 Å². The summed E-state index contributed by atoms with van der Waals surface area (Å²) in [5, 5.41) is 0. The zero-order valence-corrected chi connectivity index (χ0v) is 11.4. The summed E-state index contributed by atoms with van der Waals surface area (Å²) < 4.78 is 6.25. The highest BCUT2D eigenvalue weighted by molar-refractivity contribution is 5.76. The molecule has 4 atom stereocenters. The number of hydrogen-bond donors (Lipinski definition) is 0. The van der Waals surface area contributed by atoms with E-state index in [4.69, 9.17) is 4.74 Å².